The molecule has 1 fully saturated rings. The van der Waals surface area contributed by atoms with Crippen LogP contribution in [0, 0.1) is 10.8 Å². The van der Waals surface area contributed by atoms with E-state index in [2.05, 4.69) is 42.2 Å². The molecule has 2 aromatic heterocycles. The standard InChI is InChI=1S/C15H20ClN3/c1-9(16)12-18-10-8-17-7-6-11(10)19(12)13-14(2,3)15(13,4)5/h6-9,13H,1-5H3. The summed E-state index contributed by atoms with van der Waals surface area (Å²) in [5.74, 6) is 0.952. The van der Waals surface area contributed by atoms with Crippen LogP contribution in [0.5, 0.6) is 0 Å². The molecule has 4 heteroatoms. The van der Waals surface area contributed by atoms with Crippen molar-refractivity contribution in [3.05, 3.63) is 24.3 Å². The maximum absolute atomic E-state index is 6.33. The Morgan fingerprint density at radius 3 is 2.42 bits per heavy atom. The summed E-state index contributed by atoms with van der Waals surface area (Å²) in [7, 11) is 0. The van der Waals surface area contributed by atoms with Gasteiger partial charge in [-0.25, -0.2) is 4.98 Å². The largest absolute Gasteiger partial charge is 0.322 e. The fraction of sp³-hybridized carbons (Fsp3) is 0.600. The zero-order valence-corrected chi connectivity index (χ0v) is 12.9. The molecule has 0 bridgehead atoms. The first kappa shape index (κ1) is 12.9. The van der Waals surface area contributed by atoms with Crippen LogP contribution in [0.1, 0.15) is 51.9 Å². The summed E-state index contributed by atoms with van der Waals surface area (Å²) in [5.41, 5.74) is 2.58. The Balaban J connectivity index is 2.26. The third-order valence-electron chi connectivity index (χ3n) is 5.08. The maximum atomic E-state index is 6.33. The van der Waals surface area contributed by atoms with Gasteiger partial charge in [-0.2, -0.15) is 0 Å². The van der Waals surface area contributed by atoms with E-state index in [1.54, 1.807) is 0 Å². The predicted octanol–water partition coefficient (Wildman–Crippen LogP) is 4.34. The van der Waals surface area contributed by atoms with Gasteiger partial charge in [0.2, 0.25) is 0 Å². The number of aromatic nitrogens is 3. The second kappa shape index (κ2) is 3.72. The number of hydrogen-bond donors (Lipinski definition) is 0. The smallest absolute Gasteiger partial charge is 0.128 e. The van der Waals surface area contributed by atoms with Crippen LogP contribution in [0.3, 0.4) is 0 Å². The lowest BCUT2D eigenvalue weighted by Gasteiger charge is -2.12. The highest BCUT2D eigenvalue weighted by atomic mass is 35.5. The molecule has 1 atom stereocenters. The molecule has 0 radical (unpaired) electrons. The summed E-state index contributed by atoms with van der Waals surface area (Å²) in [6.45, 7) is 11.2. The molecule has 3 rings (SSSR count). The number of rotatable bonds is 2. The number of alkyl halides is 1. The zero-order valence-electron chi connectivity index (χ0n) is 12.1. The number of imidazole rings is 1. The fourth-order valence-corrected chi connectivity index (χ4v) is 3.48. The average molecular weight is 278 g/mol. The topological polar surface area (TPSA) is 30.7 Å². The van der Waals surface area contributed by atoms with Crippen molar-refractivity contribution in [2.45, 2.75) is 46.0 Å². The monoisotopic (exact) mass is 277 g/mol. The molecule has 1 unspecified atom stereocenters. The van der Waals surface area contributed by atoms with E-state index in [9.17, 15) is 0 Å². The van der Waals surface area contributed by atoms with Crippen molar-refractivity contribution in [1.82, 2.24) is 14.5 Å². The molecular formula is C15H20ClN3. The zero-order chi connectivity index (χ0) is 14.0. The van der Waals surface area contributed by atoms with E-state index in [4.69, 9.17) is 11.6 Å². The molecule has 19 heavy (non-hydrogen) atoms. The first-order chi connectivity index (χ1) is 8.78. The van der Waals surface area contributed by atoms with Gasteiger partial charge >= 0.3 is 0 Å². The number of hydrogen-bond acceptors (Lipinski definition) is 2. The summed E-state index contributed by atoms with van der Waals surface area (Å²) in [6, 6.07) is 2.47. The molecule has 0 spiro atoms. The van der Waals surface area contributed by atoms with Gasteiger partial charge in [-0.05, 0) is 23.8 Å². The minimum Gasteiger partial charge on any atom is -0.322 e. The van der Waals surface area contributed by atoms with Crippen LogP contribution in [0.15, 0.2) is 18.5 Å². The van der Waals surface area contributed by atoms with Gasteiger partial charge in [0.1, 0.15) is 11.3 Å². The normalized spacial score (nSPS) is 22.6. The Labute approximate surface area is 119 Å². The van der Waals surface area contributed by atoms with Gasteiger partial charge in [0.15, 0.2) is 0 Å². The molecule has 0 aromatic carbocycles. The van der Waals surface area contributed by atoms with Crippen LogP contribution >= 0.6 is 11.6 Å². The van der Waals surface area contributed by atoms with Crippen molar-refractivity contribution in [2.75, 3.05) is 0 Å². The van der Waals surface area contributed by atoms with E-state index in [0.29, 0.717) is 6.04 Å². The second-order valence-corrected chi connectivity index (χ2v) is 7.32. The molecule has 0 aliphatic heterocycles. The molecule has 102 valence electrons. The molecule has 1 aliphatic rings. The van der Waals surface area contributed by atoms with Gasteiger partial charge in [0, 0.05) is 12.2 Å². The molecule has 0 amide bonds. The molecule has 2 heterocycles. The quantitative estimate of drug-likeness (QED) is 0.765. The van der Waals surface area contributed by atoms with Gasteiger partial charge in [-0.15, -0.1) is 11.6 Å². The Morgan fingerprint density at radius 1 is 1.26 bits per heavy atom. The van der Waals surface area contributed by atoms with Gasteiger partial charge in [-0.1, -0.05) is 27.7 Å². The third kappa shape index (κ3) is 1.57. The molecular weight excluding hydrogens is 258 g/mol. The summed E-state index contributed by atoms with van der Waals surface area (Å²) >= 11 is 6.33. The van der Waals surface area contributed by atoms with E-state index >= 15 is 0 Å². The van der Waals surface area contributed by atoms with E-state index in [1.807, 2.05) is 25.4 Å². The summed E-state index contributed by atoms with van der Waals surface area (Å²) in [5, 5.41) is -0.0976. The van der Waals surface area contributed by atoms with Crippen molar-refractivity contribution in [1.29, 1.82) is 0 Å². The van der Waals surface area contributed by atoms with Crippen LogP contribution < -0.4 is 0 Å². The molecule has 0 N–H and O–H groups in total. The van der Waals surface area contributed by atoms with Crippen molar-refractivity contribution >= 4 is 22.6 Å². The van der Waals surface area contributed by atoms with E-state index < -0.39 is 0 Å². The minimum atomic E-state index is -0.0976. The third-order valence-corrected chi connectivity index (χ3v) is 5.27. The van der Waals surface area contributed by atoms with E-state index in [0.717, 1.165) is 16.9 Å². The first-order valence-corrected chi connectivity index (χ1v) is 7.18. The van der Waals surface area contributed by atoms with E-state index in [1.165, 1.54) is 0 Å². The Kier molecular flexibility index (Phi) is 2.53. The van der Waals surface area contributed by atoms with Crippen LogP contribution in [-0.2, 0) is 0 Å². The van der Waals surface area contributed by atoms with E-state index in [-0.39, 0.29) is 16.2 Å². The SMILES string of the molecule is CC(Cl)c1nc2cnccc2n1C1C(C)(C)C1(C)C. The van der Waals surface area contributed by atoms with Crippen LogP contribution in [0.4, 0.5) is 0 Å². The van der Waals surface area contributed by atoms with Gasteiger partial charge in [0.25, 0.3) is 0 Å². The van der Waals surface area contributed by atoms with Crippen LogP contribution in [-0.4, -0.2) is 14.5 Å². The minimum absolute atomic E-state index is 0.0976. The molecule has 0 saturated heterocycles. The van der Waals surface area contributed by atoms with Crippen molar-refractivity contribution in [2.24, 2.45) is 10.8 Å². The number of pyridine rings is 1. The molecule has 1 aliphatic carbocycles. The van der Waals surface area contributed by atoms with Gasteiger partial charge in [-0.3, -0.25) is 4.98 Å². The van der Waals surface area contributed by atoms with Crippen molar-refractivity contribution < 1.29 is 0 Å². The summed E-state index contributed by atoms with van der Waals surface area (Å²) < 4.78 is 2.33. The fourth-order valence-electron chi connectivity index (χ4n) is 3.33. The van der Waals surface area contributed by atoms with Gasteiger partial charge < -0.3 is 4.57 Å². The van der Waals surface area contributed by atoms with Gasteiger partial charge in [0.05, 0.1) is 17.1 Å². The Hall–Kier alpha value is -1.09. The van der Waals surface area contributed by atoms with Crippen molar-refractivity contribution in [3.8, 4) is 0 Å². The number of nitrogens with zero attached hydrogens (tertiary/aromatic N) is 3. The molecule has 2 aromatic rings. The van der Waals surface area contributed by atoms with Crippen LogP contribution in [0.2, 0.25) is 0 Å². The molecule has 1 saturated carbocycles. The highest BCUT2D eigenvalue weighted by Crippen LogP contribution is 2.72. The Bertz CT molecular complexity index is 626. The lowest BCUT2D eigenvalue weighted by atomic mass is 10.0. The number of halogens is 1. The van der Waals surface area contributed by atoms with Crippen LogP contribution in [0.25, 0.3) is 11.0 Å². The second-order valence-electron chi connectivity index (χ2n) is 6.67. The number of fused-ring (bicyclic) bond motifs is 1. The lowest BCUT2D eigenvalue weighted by Crippen LogP contribution is -2.06. The Morgan fingerprint density at radius 2 is 1.89 bits per heavy atom. The first-order valence-electron chi connectivity index (χ1n) is 6.74. The maximum Gasteiger partial charge on any atom is 0.128 e. The predicted molar refractivity (Wildman–Crippen MR) is 78.4 cm³/mol. The lowest BCUT2D eigenvalue weighted by molar-refractivity contribution is 0.457. The highest BCUT2D eigenvalue weighted by molar-refractivity contribution is 6.20. The molecule has 3 nitrogen and oxygen atoms in total. The summed E-state index contributed by atoms with van der Waals surface area (Å²) in [6.07, 6.45) is 3.64. The highest BCUT2D eigenvalue weighted by Gasteiger charge is 2.66. The average Bonchev–Trinajstić information content (AvgIpc) is 2.63. The summed E-state index contributed by atoms with van der Waals surface area (Å²) in [4.78, 5) is 8.83. The van der Waals surface area contributed by atoms with Crippen molar-refractivity contribution in [3.63, 3.8) is 0 Å².